The topological polar surface area (TPSA) is 151 Å². The first-order chi connectivity index (χ1) is 17.8. The highest BCUT2D eigenvalue weighted by atomic mass is 35.5. The molecule has 4 amide bonds. The maximum Gasteiger partial charge on any atom is 0.329 e. The molecule has 0 unspecified atom stereocenters. The van der Waals surface area contributed by atoms with Crippen molar-refractivity contribution in [3.05, 3.63) is 76.2 Å². The Balaban J connectivity index is 1.45. The second-order valence-electron chi connectivity index (χ2n) is 7.15. The van der Waals surface area contributed by atoms with Crippen LogP contribution in [0.25, 0.3) is 0 Å². The average molecular weight is 546 g/mol. The van der Waals surface area contributed by atoms with Crippen LogP contribution in [-0.2, 0) is 25.7 Å². The van der Waals surface area contributed by atoms with Gasteiger partial charge < -0.3 is 25.1 Å². The van der Waals surface area contributed by atoms with Crippen LogP contribution in [0, 0.1) is 0 Å². The molecule has 0 radical (unpaired) electrons. The van der Waals surface area contributed by atoms with Crippen LogP contribution in [0.2, 0.25) is 10.0 Å². The molecule has 0 atom stereocenters. The third-order valence-corrected chi connectivity index (χ3v) is 5.23. The first-order valence-corrected chi connectivity index (χ1v) is 11.5. The summed E-state index contributed by atoms with van der Waals surface area (Å²) in [5, 5.41) is 11.5. The van der Waals surface area contributed by atoms with Crippen LogP contribution in [0.4, 0.5) is 11.4 Å². The van der Waals surface area contributed by atoms with Crippen molar-refractivity contribution < 1.29 is 28.3 Å². The highest BCUT2D eigenvalue weighted by molar-refractivity contribution is 6.43. The predicted molar refractivity (Wildman–Crippen MR) is 138 cm³/mol. The molecule has 0 aliphatic heterocycles. The maximum absolute atomic E-state index is 12.1. The number of hydrogen-bond acceptors (Lipinski definition) is 7. The van der Waals surface area contributed by atoms with Crippen molar-refractivity contribution in [2.45, 2.75) is 13.5 Å². The van der Waals surface area contributed by atoms with Crippen molar-refractivity contribution in [2.24, 2.45) is 5.10 Å². The number of carbonyl (C=O) groups is 4. The molecule has 0 saturated heterocycles. The van der Waals surface area contributed by atoms with Crippen molar-refractivity contribution in [1.82, 2.24) is 10.7 Å². The number of hydrazone groups is 1. The van der Waals surface area contributed by atoms with E-state index in [1.807, 2.05) is 0 Å². The minimum Gasteiger partial charge on any atom is -0.492 e. The number of nitrogens with one attached hydrogen (secondary N) is 4. The van der Waals surface area contributed by atoms with Crippen molar-refractivity contribution in [1.29, 1.82) is 0 Å². The highest BCUT2D eigenvalue weighted by Crippen LogP contribution is 2.25. The molecule has 1 aromatic heterocycles. The molecule has 4 N–H and O–H groups in total. The van der Waals surface area contributed by atoms with Gasteiger partial charge in [-0.3, -0.25) is 19.2 Å². The molecule has 0 aliphatic rings. The third kappa shape index (κ3) is 8.09. The van der Waals surface area contributed by atoms with E-state index < -0.39 is 23.6 Å². The number of anilines is 2. The summed E-state index contributed by atoms with van der Waals surface area (Å²) < 4.78 is 10.8. The number of ether oxygens (including phenoxy) is 1. The molecule has 3 aromatic rings. The standard InChI is InChI=1S/C24H21Cl2N5O6/c1-2-36-20-6-4-3-5-19(20)30-23(34)24(35)31-28-13-16-9-8-15(37-16)12-27-21(32)22(33)29-14-7-10-17(25)18(26)11-14/h3-11,13H,2,12H2,1H3,(H,27,32)(H,29,33)(H,30,34)(H,31,35)/b28-13+. The minimum absolute atomic E-state index is 0.0878. The first-order valence-electron chi connectivity index (χ1n) is 10.8. The number of carbonyl (C=O) groups excluding carboxylic acids is 4. The second kappa shape index (κ2) is 13.1. The van der Waals surface area contributed by atoms with Gasteiger partial charge >= 0.3 is 23.6 Å². The zero-order valence-corrected chi connectivity index (χ0v) is 20.9. The molecule has 192 valence electrons. The average Bonchev–Trinajstić information content (AvgIpc) is 3.33. The largest absolute Gasteiger partial charge is 0.492 e. The quantitative estimate of drug-likeness (QED) is 0.193. The van der Waals surface area contributed by atoms with Gasteiger partial charge in [0, 0.05) is 5.69 Å². The summed E-state index contributed by atoms with van der Waals surface area (Å²) in [6.07, 6.45) is 1.17. The highest BCUT2D eigenvalue weighted by Gasteiger charge is 2.16. The van der Waals surface area contributed by atoms with E-state index in [-0.39, 0.29) is 17.3 Å². The Morgan fingerprint density at radius 1 is 0.919 bits per heavy atom. The number of nitrogens with zero attached hydrogens (tertiary/aromatic N) is 1. The Bertz CT molecular complexity index is 1340. The number of hydrogen-bond donors (Lipinski definition) is 4. The summed E-state index contributed by atoms with van der Waals surface area (Å²) in [5.74, 6) is -2.78. The maximum atomic E-state index is 12.1. The van der Waals surface area contributed by atoms with Gasteiger partial charge in [-0.05, 0) is 49.4 Å². The number of furan rings is 1. The van der Waals surface area contributed by atoms with E-state index in [0.717, 1.165) is 0 Å². The van der Waals surface area contributed by atoms with Gasteiger partial charge in [-0.2, -0.15) is 5.10 Å². The fourth-order valence-corrected chi connectivity index (χ4v) is 3.10. The summed E-state index contributed by atoms with van der Waals surface area (Å²) in [5.41, 5.74) is 2.74. The summed E-state index contributed by atoms with van der Waals surface area (Å²) in [6.45, 7) is 2.10. The number of halogens is 2. The number of amides is 4. The molecule has 37 heavy (non-hydrogen) atoms. The summed E-state index contributed by atoms with van der Waals surface area (Å²) in [4.78, 5) is 48.2. The zero-order chi connectivity index (χ0) is 26.8. The van der Waals surface area contributed by atoms with Crippen LogP contribution in [0.3, 0.4) is 0 Å². The monoisotopic (exact) mass is 545 g/mol. The van der Waals surface area contributed by atoms with Crippen LogP contribution < -0.4 is 26.1 Å². The van der Waals surface area contributed by atoms with E-state index in [9.17, 15) is 19.2 Å². The lowest BCUT2D eigenvalue weighted by molar-refractivity contribution is -0.136. The zero-order valence-electron chi connectivity index (χ0n) is 19.3. The van der Waals surface area contributed by atoms with Gasteiger partial charge in [0.25, 0.3) is 0 Å². The molecule has 11 nitrogen and oxygen atoms in total. The lowest BCUT2D eigenvalue weighted by atomic mass is 10.3. The predicted octanol–water partition coefficient (Wildman–Crippen LogP) is 3.33. The minimum atomic E-state index is -1.01. The SMILES string of the molecule is CCOc1ccccc1NC(=O)C(=O)N/N=C/c1ccc(CNC(=O)C(=O)Nc2ccc(Cl)c(Cl)c2)o1. The van der Waals surface area contributed by atoms with Gasteiger partial charge in [0.2, 0.25) is 0 Å². The molecule has 0 aliphatic carbocycles. The lowest BCUT2D eigenvalue weighted by Crippen LogP contribution is -2.34. The molecular formula is C24H21Cl2N5O6. The molecule has 13 heteroatoms. The Labute approximate surface area is 221 Å². The molecule has 0 spiro atoms. The van der Waals surface area contributed by atoms with E-state index in [1.165, 1.54) is 36.5 Å². The van der Waals surface area contributed by atoms with Gasteiger partial charge in [-0.15, -0.1) is 0 Å². The molecule has 2 aromatic carbocycles. The van der Waals surface area contributed by atoms with Crippen LogP contribution in [0.5, 0.6) is 5.75 Å². The molecule has 0 fully saturated rings. The fraction of sp³-hybridized carbons (Fsp3) is 0.125. The number of benzene rings is 2. The molecular weight excluding hydrogens is 525 g/mol. The molecule has 0 saturated carbocycles. The van der Waals surface area contributed by atoms with Crippen molar-refractivity contribution in [3.63, 3.8) is 0 Å². The smallest absolute Gasteiger partial charge is 0.329 e. The van der Waals surface area contributed by atoms with Gasteiger partial charge in [-0.25, -0.2) is 5.43 Å². The van der Waals surface area contributed by atoms with Crippen LogP contribution >= 0.6 is 23.2 Å². The van der Waals surface area contributed by atoms with Crippen molar-refractivity contribution >= 4 is 64.4 Å². The van der Waals surface area contributed by atoms with E-state index >= 15 is 0 Å². The van der Waals surface area contributed by atoms with E-state index in [4.69, 9.17) is 32.4 Å². The second-order valence-corrected chi connectivity index (χ2v) is 7.97. The van der Waals surface area contributed by atoms with E-state index in [0.29, 0.717) is 34.5 Å². The van der Waals surface area contributed by atoms with Crippen LogP contribution in [0.15, 0.2) is 64.1 Å². The Kier molecular flexibility index (Phi) is 9.64. The Morgan fingerprint density at radius 3 is 2.43 bits per heavy atom. The Hall–Kier alpha value is -4.35. The molecule has 3 rings (SSSR count). The van der Waals surface area contributed by atoms with Gasteiger partial charge in [0.05, 0.1) is 35.1 Å². The van der Waals surface area contributed by atoms with Crippen molar-refractivity contribution in [3.8, 4) is 5.75 Å². The third-order valence-electron chi connectivity index (χ3n) is 4.49. The summed E-state index contributed by atoms with van der Waals surface area (Å²) in [7, 11) is 0. The van der Waals surface area contributed by atoms with Gasteiger partial charge in [-0.1, -0.05) is 35.3 Å². The normalized spacial score (nSPS) is 10.6. The first kappa shape index (κ1) is 27.2. The van der Waals surface area contributed by atoms with E-state index in [1.54, 1.807) is 31.2 Å². The lowest BCUT2D eigenvalue weighted by Gasteiger charge is -2.10. The van der Waals surface area contributed by atoms with E-state index in [2.05, 4.69) is 26.5 Å². The molecule has 1 heterocycles. The summed E-state index contributed by atoms with van der Waals surface area (Å²) in [6, 6.07) is 14.1. The van der Waals surface area contributed by atoms with Gasteiger partial charge in [0.15, 0.2) is 0 Å². The van der Waals surface area contributed by atoms with Crippen LogP contribution in [0.1, 0.15) is 18.4 Å². The van der Waals surface area contributed by atoms with Gasteiger partial charge in [0.1, 0.15) is 17.3 Å². The van der Waals surface area contributed by atoms with Crippen LogP contribution in [-0.4, -0.2) is 36.5 Å². The van der Waals surface area contributed by atoms with Crippen molar-refractivity contribution in [2.75, 3.05) is 17.2 Å². The fourth-order valence-electron chi connectivity index (χ4n) is 2.80. The molecule has 0 bridgehead atoms. The number of para-hydroxylation sites is 2. The summed E-state index contributed by atoms with van der Waals surface area (Å²) >= 11 is 11.7. The Morgan fingerprint density at radius 2 is 1.68 bits per heavy atom. The number of rotatable bonds is 8.